The second-order valence-corrected chi connectivity index (χ2v) is 4.48. The van der Waals surface area contributed by atoms with E-state index in [0.717, 1.165) is 6.92 Å². The quantitative estimate of drug-likeness (QED) is 0.331. The minimum absolute atomic E-state index is 0.338. The smallest absolute Gasteiger partial charge is 0.440 e. The van der Waals surface area contributed by atoms with Crippen molar-refractivity contribution in [2.45, 2.75) is 37.3 Å². The predicted octanol–water partition coefficient (Wildman–Crippen LogP) is 1.51. The number of ether oxygens (including phenoxy) is 3. The molecule has 0 bridgehead atoms. The first-order valence-corrected chi connectivity index (χ1v) is 6.28. The minimum Gasteiger partial charge on any atom is -0.460 e. The minimum atomic E-state index is -5.71. The van der Waals surface area contributed by atoms with Crippen LogP contribution >= 0.6 is 0 Å². The Morgan fingerprint density at radius 3 is 1.96 bits per heavy atom. The third-order valence-corrected chi connectivity index (χ3v) is 2.56. The maximum Gasteiger partial charge on any atom is 0.440 e. The number of hydrogen-bond donors (Lipinski definition) is 0. The van der Waals surface area contributed by atoms with Gasteiger partial charge in [-0.1, -0.05) is 0 Å². The lowest BCUT2D eigenvalue weighted by Crippen LogP contribution is -2.57. The van der Waals surface area contributed by atoms with Gasteiger partial charge in [0.25, 0.3) is 0 Å². The monoisotopic (exact) mass is 367 g/mol. The summed E-state index contributed by atoms with van der Waals surface area (Å²) < 4.78 is 88.1. The van der Waals surface area contributed by atoms with E-state index in [-0.39, 0.29) is 0 Å². The van der Waals surface area contributed by atoms with Gasteiger partial charge in [0.2, 0.25) is 0 Å². The summed E-state index contributed by atoms with van der Waals surface area (Å²) in [5, 5.41) is 0. The van der Waals surface area contributed by atoms with E-state index >= 15 is 0 Å². The predicted molar refractivity (Wildman–Crippen MR) is 63.5 cm³/mol. The largest absolute Gasteiger partial charge is 0.460 e. The highest BCUT2D eigenvalue weighted by Crippen LogP contribution is 2.38. The summed E-state index contributed by atoms with van der Waals surface area (Å²) in [7, 11) is 0. The fourth-order valence-corrected chi connectivity index (χ4v) is 1.35. The van der Waals surface area contributed by atoms with E-state index in [2.05, 4.69) is 14.2 Å². The van der Waals surface area contributed by atoms with Crippen molar-refractivity contribution >= 4 is 18.4 Å². The average molecular weight is 367 g/mol. The van der Waals surface area contributed by atoms with Crippen LogP contribution in [0.4, 0.5) is 26.3 Å². The maximum absolute atomic E-state index is 13.2. The van der Waals surface area contributed by atoms with Gasteiger partial charge in [0.15, 0.2) is 6.10 Å². The van der Waals surface area contributed by atoms with Gasteiger partial charge in [0, 0.05) is 0 Å². The van der Waals surface area contributed by atoms with Crippen molar-refractivity contribution < 1.29 is 54.9 Å². The molecule has 0 aromatic rings. The lowest BCUT2D eigenvalue weighted by Gasteiger charge is -2.31. The molecule has 0 rings (SSSR count). The van der Waals surface area contributed by atoms with Gasteiger partial charge in [-0.25, -0.2) is 22.8 Å². The Morgan fingerprint density at radius 2 is 1.58 bits per heavy atom. The summed E-state index contributed by atoms with van der Waals surface area (Å²) in [6.45, 7) is -3.22. The Kier molecular flexibility index (Phi) is 8.54. The maximum atomic E-state index is 13.2. The molecule has 2 atom stereocenters. The molecule has 0 saturated carbocycles. The molecule has 0 aliphatic rings. The molecule has 2 unspecified atom stereocenters. The van der Waals surface area contributed by atoms with E-state index < -0.39 is 62.4 Å². The number of esters is 2. The van der Waals surface area contributed by atoms with Gasteiger partial charge >= 0.3 is 30.2 Å². The van der Waals surface area contributed by atoms with Crippen LogP contribution in [0.5, 0.6) is 0 Å². The standard InChI is InChI=1S/C12H13F6O6/c1-7(3-13)23-9(20)2-11(22-6-19,12(16,17)18)10(21)24-8(4-14)5-15/h7-8H,2-5H2,1H3. The molecule has 0 spiro atoms. The van der Waals surface area contributed by atoms with E-state index in [0.29, 0.717) is 6.47 Å². The van der Waals surface area contributed by atoms with Gasteiger partial charge in [-0.15, -0.1) is 0 Å². The molecule has 24 heavy (non-hydrogen) atoms. The Labute approximate surface area is 132 Å². The van der Waals surface area contributed by atoms with Crippen molar-refractivity contribution in [3.63, 3.8) is 0 Å². The van der Waals surface area contributed by atoms with Gasteiger partial charge in [-0.2, -0.15) is 13.2 Å². The molecule has 0 saturated heterocycles. The van der Waals surface area contributed by atoms with E-state index in [1.54, 1.807) is 0 Å². The SMILES string of the molecule is CC(CF)OC(=O)CC(O[C]=O)(C(=O)OC(CF)CF)C(F)(F)F. The van der Waals surface area contributed by atoms with Crippen LogP contribution in [0.25, 0.3) is 0 Å². The van der Waals surface area contributed by atoms with Crippen LogP contribution in [0, 0.1) is 0 Å². The first-order chi connectivity index (χ1) is 11.1. The van der Waals surface area contributed by atoms with Gasteiger partial charge in [-0.05, 0) is 6.92 Å². The van der Waals surface area contributed by atoms with Crippen LogP contribution in [-0.2, 0) is 28.6 Å². The highest BCUT2D eigenvalue weighted by atomic mass is 19.4. The topological polar surface area (TPSA) is 78.9 Å². The van der Waals surface area contributed by atoms with Gasteiger partial charge < -0.3 is 14.2 Å². The molecule has 0 aliphatic heterocycles. The van der Waals surface area contributed by atoms with Crippen molar-refractivity contribution in [2.75, 3.05) is 20.0 Å². The third-order valence-electron chi connectivity index (χ3n) is 2.56. The molecule has 0 aromatic carbocycles. The number of halogens is 6. The van der Waals surface area contributed by atoms with Crippen molar-refractivity contribution in [2.24, 2.45) is 0 Å². The number of rotatable bonds is 10. The zero-order valence-corrected chi connectivity index (χ0v) is 12.2. The van der Waals surface area contributed by atoms with Gasteiger partial charge in [0.05, 0.1) is 0 Å². The Bertz CT molecular complexity index is 438. The highest BCUT2D eigenvalue weighted by Gasteiger charge is 2.66. The molecule has 6 nitrogen and oxygen atoms in total. The van der Waals surface area contributed by atoms with E-state index in [9.17, 15) is 40.7 Å². The molecule has 0 fully saturated rings. The Hall–Kier alpha value is -2.01. The molecule has 0 aliphatic carbocycles. The molecule has 0 N–H and O–H groups in total. The fraction of sp³-hybridized carbons (Fsp3) is 0.750. The summed E-state index contributed by atoms with van der Waals surface area (Å²) >= 11 is 0. The van der Waals surface area contributed by atoms with Crippen molar-refractivity contribution in [1.82, 2.24) is 0 Å². The summed E-state index contributed by atoms with van der Waals surface area (Å²) in [5.41, 5.74) is -4.23. The van der Waals surface area contributed by atoms with Crippen LogP contribution < -0.4 is 0 Å². The molecular formula is C12H13F6O6. The third kappa shape index (κ3) is 5.57. The molecular weight excluding hydrogens is 354 g/mol. The number of alkyl halides is 6. The molecule has 0 amide bonds. The first-order valence-electron chi connectivity index (χ1n) is 6.28. The van der Waals surface area contributed by atoms with Crippen LogP contribution in [0.15, 0.2) is 0 Å². The number of carbonyl (C=O) groups is 2. The average Bonchev–Trinajstić information content (AvgIpc) is 2.50. The summed E-state index contributed by atoms with van der Waals surface area (Å²) in [6, 6.07) is 0. The Morgan fingerprint density at radius 1 is 1.04 bits per heavy atom. The Balaban J connectivity index is 5.60. The number of hydrogen-bond acceptors (Lipinski definition) is 6. The summed E-state index contributed by atoms with van der Waals surface area (Å²) in [6.07, 6.45) is -11.3. The lowest BCUT2D eigenvalue weighted by atomic mass is 9.98. The second-order valence-electron chi connectivity index (χ2n) is 4.48. The zero-order chi connectivity index (χ0) is 19.0. The molecule has 12 heteroatoms. The van der Waals surface area contributed by atoms with E-state index in [4.69, 9.17) is 0 Å². The summed E-state index contributed by atoms with van der Waals surface area (Å²) in [4.78, 5) is 33.3. The van der Waals surface area contributed by atoms with E-state index in [1.807, 2.05) is 0 Å². The molecule has 139 valence electrons. The molecule has 1 radical (unpaired) electrons. The van der Waals surface area contributed by atoms with Crippen molar-refractivity contribution in [3.05, 3.63) is 0 Å². The second kappa shape index (κ2) is 9.33. The first kappa shape index (κ1) is 22.0. The summed E-state index contributed by atoms with van der Waals surface area (Å²) in [5.74, 6) is -4.20. The van der Waals surface area contributed by atoms with Crippen molar-refractivity contribution in [3.8, 4) is 0 Å². The van der Waals surface area contributed by atoms with Gasteiger partial charge in [-0.3, -0.25) is 4.79 Å². The highest BCUT2D eigenvalue weighted by molar-refractivity contribution is 5.88. The normalized spacial score (nSPS) is 15.3. The van der Waals surface area contributed by atoms with Crippen molar-refractivity contribution in [1.29, 1.82) is 0 Å². The zero-order valence-electron chi connectivity index (χ0n) is 12.2. The van der Waals surface area contributed by atoms with Crippen LogP contribution in [0.3, 0.4) is 0 Å². The lowest BCUT2D eigenvalue weighted by molar-refractivity contribution is -0.262. The number of carbonyl (C=O) groups excluding carboxylic acids is 3. The van der Waals surface area contributed by atoms with E-state index in [1.165, 1.54) is 0 Å². The fourth-order valence-electron chi connectivity index (χ4n) is 1.35. The van der Waals surface area contributed by atoms with Crippen LogP contribution in [-0.4, -0.2) is 62.4 Å². The van der Waals surface area contributed by atoms with Crippen LogP contribution in [0.1, 0.15) is 13.3 Å². The molecule has 0 heterocycles. The van der Waals surface area contributed by atoms with Crippen LogP contribution in [0.2, 0.25) is 0 Å². The molecule has 0 aromatic heterocycles. The van der Waals surface area contributed by atoms with Gasteiger partial charge in [0.1, 0.15) is 32.5 Å².